The van der Waals surface area contributed by atoms with E-state index in [0.29, 0.717) is 29.8 Å². The summed E-state index contributed by atoms with van der Waals surface area (Å²) >= 11 is 3.23. The zero-order chi connectivity index (χ0) is 16.7. The third-order valence-corrected chi connectivity index (χ3v) is 3.63. The number of benzene rings is 1. The molecular weight excluding hydrogens is 366 g/mol. The van der Waals surface area contributed by atoms with Crippen molar-refractivity contribution in [3.8, 4) is 5.75 Å². The van der Waals surface area contributed by atoms with Crippen LogP contribution in [0.1, 0.15) is 29.0 Å². The summed E-state index contributed by atoms with van der Waals surface area (Å²) < 4.78 is 11.1. The molecule has 0 aliphatic carbocycles. The second-order valence-electron chi connectivity index (χ2n) is 4.77. The highest BCUT2D eigenvalue weighted by molar-refractivity contribution is 9.10. The van der Waals surface area contributed by atoms with Crippen LogP contribution in [-0.4, -0.2) is 23.6 Å². The van der Waals surface area contributed by atoms with Gasteiger partial charge >= 0.3 is 5.97 Å². The number of carboxylic acid groups (broad SMARTS) is 1. The highest BCUT2D eigenvalue weighted by atomic mass is 79.9. The van der Waals surface area contributed by atoms with Crippen molar-refractivity contribution in [1.82, 2.24) is 5.32 Å². The minimum Gasteiger partial charge on any atom is -0.494 e. The molecule has 7 heteroatoms. The van der Waals surface area contributed by atoms with E-state index in [1.165, 1.54) is 6.26 Å². The van der Waals surface area contributed by atoms with Gasteiger partial charge in [0.25, 0.3) is 5.91 Å². The lowest BCUT2D eigenvalue weighted by molar-refractivity contribution is -0.137. The Bertz CT molecular complexity index is 665. The quantitative estimate of drug-likeness (QED) is 0.685. The number of hydrogen-bond acceptors (Lipinski definition) is 4. The number of carbonyl (C=O) groups is 2. The van der Waals surface area contributed by atoms with Crippen molar-refractivity contribution >= 4 is 27.8 Å². The molecule has 0 radical (unpaired) electrons. The molecule has 0 aliphatic rings. The van der Waals surface area contributed by atoms with E-state index in [2.05, 4.69) is 21.2 Å². The molecule has 0 spiro atoms. The van der Waals surface area contributed by atoms with Crippen molar-refractivity contribution in [2.45, 2.75) is 19.4 Å². The lowest BCUT2D eigenvalue weighted by Gasteiger charge is -2.07. The van der Waals surface area contributed by atoms with Gasteiger partial charge in [0.15, 0.2) is 0 Å². The fourth-order valence-corrected chi connectivity index (χ4v) is 2.22. The first-order valence-electron chi connectivity index (χ1n) is 7.01. The van der Waals surface area contributed by atoms with E-state index in [-0.39, 0.29) is 18.1 Å². The summed E-state index contributed by atoms with van der Waals surface area (Å²) in [7, 11) is 0. The van der Waals surface area contributed by atoms with Gasteiger partial charge in [-0.05, 0) is 46.1 Å². The molecule has 23 heavy (non-hydrogen) atoms. The molecule has 2 rings (SSSR count). The maximum atomic E-state index is 11.9. The maximum Gasteiger partial charge on any atom is 0.303 e. The van der Waals surface area contributed by atoms with Crippen LogP contribution in [0.2, 0.25) is 0 Å². The van der Waals surface area contributed by atoms with Crippen LogP contribution in [-0.2, 0) is 11.3 Å². The van der Waals surface area contributed by atoms with Gasteiger partial charge in [-0.25, -0.2) is 0 Å². The minimum atomic E-state index is -0.831. The number of amides is 1. The molecule has 2 N–H and O–H groups in total. The number of carboxylic acids is 1. The topological polar surface area (TPSA) is 88.8 Å². The van der Waals surface area contributed by atoms with Gasteiger partial charge in [0.2, 0.25) is 5.76 Å². The standard InChI is InChI=1S/C16H16BrNO5/c17-13-7-9-23-15(13)16(21)18-10-11-3-5-12(6-4-11)22-8-1-2-14(19)20/h3-7,9H,1-2,8,10H2,(H,18,21)(H,19,20). The first-order valence-corrected chi connectivity index (χ1v) is 7.80. The lowest BCUT2D eigenvalue weighted by atomic mass is 10.2. The first kappa shape index (κ1) is 17.1. The minimum absolute atomic E-state index is 0.0897. The molecular formula is C16H16BrNO5. The smallest absolute Gasteiger partial charge is 0.303 e. The zero-order valence-corrected chi connectivity index (χ0v) is 13.8. The summed E-state index contributed by atoms with van der Waals surface area (Å²) in [6.07, 6.45) is 1.99. The van der Waals surface area contributed by atoms with Crippen LogP contribution in [0.15, 0.2) is 45.5 Å². The number of rotatable bonds is 8. The Labute approximate surface area is 141 Å². The van der Waals surface area contributed by atoms with E-state index < -0.39 is 5.97 Å². The summed E-state index contributed by atoms with van der Waals surface area (Å²) in [5, 5.41) is 11.3. The molecule has 1 heterocycles. The lowest BCUT2D eigenvalue weighted by Crippen LogP contribution is -2.22. The van der Waals surface area contributed by atoms with Gasteiger partial charge in [-0.15, -0.1) is 0 Å². The van der Waals surface area contributed by atoms with Gasteiger partial charge in [-0.2, -0.15) is 0 Å². The van der Waals surface area contributed by atoms with E-state index in [1.807, 2.05) is 12.1 Å². The normalized spacial score (nSPS) is 10.3. The van der Waals surface area contributed by atoms with Crippen LogP contribution in [0.4, 0.5) is 0 Å². The van der Waals surface area contributed by atoms with E-state index >= 15 is 0 Å². The number of aliphatic carboxylic acids is 1. The average molecular weight is 382 g/mol. The number of nitrogens with one attached hydrogen (secondary N) is 1. The van der Waals surface area contributed by atoms with Crippen molar-refractivity contribution in [2.24, 2.45) is 0 Å². The summed E-state index contributed by atoms with van der Waals surface area (Å²) in [6.45, 7) is 0.722. The third-order valence-electron chi connectivity index (χ3n) is 3.00. The predicted molar refractivity (Wildman–Crippen MR) is 86.4 cm³/mol. The molecule has 0 bridgehead atoms. The van der Waals surface area contributed by atoms with Crippen LogP contribution < -0.4 is 10.1 Å². The molecule has 122 valence electrons. The summed E-state index contributed by atoms with van der Waals surface area (Å²) in [6, 6.07) is 8.90. The molecule has 1 aromatic carbocycles. The van der Waals surface area contributed by atoms with Crippen molar-refractivity contribution in [3.05, 3.63) is 52.4 Å². The SMILES string of the molecule is O=C(O)CCCOc1ccc(CNC(=O)c2occc2Br)cc1. The van der Waals surface area contributed by atoms with Crippen molar-refractivity contribution in [1.29, 1.82) is 0 Å². The molecule has 1 aromatic heterocycles. The largest absolute Gasteiger partial charge is 0.494 e. The number of halogens is 1. The molecule has 1 amide bonds. The van der Waals surface area contributed by atoms with Crippen LogP contribution in [0, 0.1) is 0 Å². The van der Waals surface area contributed by atoms with Crippen molar-refractivity contribution < 1.29 is 23.8 Å². The van der Waals surface area contributed by atoms with Gasteiger partial charge in [-0.1, -0.05) is 12.1 Å². The molecule has 0 aliphatic heterocycles. The van der Waals surface area contributed by atoms with Gasteiger partial charge in [0, 0.05) is 13.0 Å². The summed E-state index contributed by atoms with van der Waals surface area (Å²) in [4.78, 5) is 22.3. The van der Waals surface area contributed by atoms with Crippen LogP contribution in [0.25, 0.3) is 0 Å². The van der Waals surface area contributed by atoms with Crippen molar-refractivity contribution in [3.63, 3.8) is 0 Å². The van der Waals surface area contributed by atoms with E-state index in [1.54, 1.807) is 18.2 Å². The average Bonchev–Trinajstić information content (AvgIpc) is 2.96. The number of carbonyl (C=O) groups excluding carboxylic acids is 1. The molecule has 6 nitrogen and oxygen atoms in total. The molecule has 0 atom stereocenters. The Balaban J connectivity index is 1.77. The second kappa shape index (κ2) is 8.38. The second-order valence-corrected chi connectivity index (χ2v) is 5.62. The predicted octanol–water partition coefficient (Wildman–Crippen LogP) is 3.22. The van der Waals surface area contributed by atoms with Crippen LogP contribution in [0.3, 0.4) is 0 Å². The van der Waals surface area contributed by atoms with Gasteiger partial charge in [0.1, 0.15) is 5.75 Å². The Morgan fingerprint density at radius 1 is 1.22 bits per heavy atom. The Morgan fingerprint density at radius 2 is 1.96 bits per heavy atom. The van der Waals surface area contributed by atoms with Gasteiger partial charge in [0.05, 0.1) is 17.3 Å². The fraction of sp³-hybridized carbons (Fsp3) is 0.250. The monoisotopic (exact) mass is 381 g/mol. The fourth-order valence-electron chi connectivity index (χ4n) is 1.84. The third kappa shape index (κ3) is 5.45. The first-order chi connectivity index (χ1) is 11.1. The molecule has 0 fully saturated rings. The highest BCUT2D eigenvalue weighted by Gasteiger charge is 2.12. The Morgan fingerprint density at radius 3 is 2.57 bits per heavy atom. The number of hydrogen-bond donors (Lipinski definition) is 2. The number of furan rings is 1. The van der Waals surface area contributed by atoms with E-state index in [4.69, 9.17) is 14.3 Å². The Hall–Kier alpha value is -2.28. The van der Waals surface area contributed by atoms with Gasteiger partial charge in [-0.3, -0.25) is 9.59 Å². The van der Waals surface area contributed by atoms with E-state index in [9.17, 15) is 9.59 Å². The molecule has 0 saturated heterocycles. The van der Waals surface area contributed by atoms with Gasteiger partial charge < -0.3 is 19.6 Å². The molecule has 2 aromatic rings. The van der Waals surface area contributed by atoms with Crippen molar-refractivity contribution in [2.75, 3.05) is 6.61 Å². The number of ether oxygens (including phenoxy) is 1. The Kier molecular flexibility index (Phi) is 6.22. The zero-order valence-electron chi connectivity index (χ0n) is 12.3. The van der Waals surface area contributed by atoms with Crippen LogP contribution >= 0.6 is 15.9 Å². The summed E-state index contributed by atoms with van der Waals surface area (Å²) in [5.41, 5.74) is 0.916. The molecule has 0 saturated carbocycles. The van der Waals surface area contributed by atoms with Crippen LogP contribution in [0.5, 0.6) is 5.75 Å². The highest BCUT2D eigenvalue weighted by Crippen LogP contribution is 2.17. The summed E-state index contributed by atoms with van der Waals surface area (Å²) in [5.74, 6) is -0.221. The van der Waals surface area contributed by atoms with E-state index in [0.717, 1.165) is 5.56 Å². The molecule has 0 unspecified atom stereocenters. The maximum absolute atomic E-state index is 11.9.